The Bertz CT molecular complexity index is 244. The number of nitrogens with zero attached hydrogens (tertiary/aromatic N) is 1. The van der Waals surface area contributed by atoms with E-state index in [1.165, 1.54) is 13.8 Å². The Labute approximate surface area is 75.3 Å². The summed E-state index contributed by atoms with van der Waals surface area (Å²) >= 11 is 0. The number of carboxylic acid groups (broad SMARTS) is 1. The second-order valence-electron chi connectivity index (χ2n) is 3.33. The molecule has 0 aromatic carbocycles. The SMILES string of the molecule is CC(=O)N1C[C@H](F)C(C)[C@H]1C(=O)O. The van der Waals surface area contributed by atoms with Crippen molar-refractivity contribution in [2.45, 2.75) is 26.1 Å². The van der Waals surface area contributed by atoms with Crippen LogP contribution < -0.4 is 0 Å². The van der Waals surface area contributed by atoms with Crippen molar-refractivity contribution in [2.75, 3.05) is 6.54 Å². The van der Waals surface area contributed by atoms with Crippen molar-refractivity contribution in [2.24, 2.45) is 5.92 Å². The number of hydrogen-bond acceptors (Lipinski definition) is 2. The molecule has 1 aliphatic heterocycles. The van der Waals surface area contributed by atoms with Crippen LogP contribution in [0.3, 0.4) is 0 Å². The molecule has 0 saturated carbocycles. The van der Waals surface area contributed by atoms with Gasteiger partial charge < -0.3 is 10.0 Å². The quantitative estimate of drug-likeness (QED) is 0.644. The van der Waals surface area contributed by atoms with E-state index in [-0.39, 0.29) is 12.5 Å². The van der Waals surface area contributed by atoms with Gasteiger partial charge in [0.05, 0.1) is 6.54 Å². The highest BCUT2D eigenvalue weighted by Crippen LogP contribution is 2.26. The third-order valence-electron chi connectivity index (χ3n) is 2.43. The number of amides is 1. The molecule has 4 nitrogen and oxygen atoms in total. The van der Waals surface area contributed by atoms with Crippen LogP contribution in [0, 0.1) is 5.92 Å². The number of carboxylic acids is 1. The smallest absolute Gasteiger partial charge is 0.326 e. The lowest BCUT2D eigenvalue weighted by Crippen LogP contribution is -2.41. The number of aliphatic carboxylic acids is 1. The molecule has 13 heavy (non-hydrogen) atoms. The van der Waals surface area contributed by atoms with Gasteiger partial charge in [-0.2, -0.15) is 0 Å². The average Bonchev–Trinajstić information content (AvgIpc) is 2.28. The van der Waals surface area contributed by atoms with Crippen LogP contribution in [0.4, 0.5) is 4.39 Å². The van der Waals surface area contributed by atoms with Crippen molar-refractivity contribution in [1.82, 2.24) is 4.90 Å². The molecule has 1 aliphatic rings. The molecule has 0 spiro atoms. The molecule has 0 aliphatic carbocycles. The van der Waals surface area contributed by atoms with Crippen molar-refractivity contribution >= 4 is 11.9 Å². The summed E-state index contributed by atoms with van der Waals surface area (Å²) in [6.45, 7) is 2.65. The summed E-state index contributed by atoms with van der Waals surface area (Å²) in [5.41, 5.74) is 0. The monoisotopic (exact) mass is 189 g/mol. The fourth-order valence-corrected chi connectivity index (χ4v) is 1.63. The summed E-state index contributed by atoms with van der Waals surface area (Å²) < 4.78 is 13.1. The van der Waals surface area contributed by atoms with Gasteiger partial charge in [-0.05, 0) is 0 Å². The predicted molar refractivity (Wildman–Crippen MR) is 42.9 cm³/mol. The van der Waals surface area contributed by atoms with Crippen LogP contribution >= 0.6 is 0 Å². The van der Waals surface area contributed by atoms with Crippen LogP contribution in [-0.4, -0.2) is 40.6 Å². The van der Waals surface area contributed by atoms with E-state index in [0.29, 0.717) is 0 Å². The van der Waals surface area contributed by atoms with Gasteiger partial charge in [0, 0.05) is 12.8 Å². The molecule has 1 rings (SSSR count). The summed E-state index contributed by atoms with van der Waals surface area (Å²) in [4.78, 5) is 22.7. The Hall–Kier alpha value is -1.13. The lowest BCUT2D eigenvalue weighted by molar-refractivity contribution is -0.148. The summed E-state index contributed by atoms with van der Waals surface area (Å²) in [5.74, 6) is -2.15. The first-order valence-electron chi connectivity index (χ1n) is 4.09. The summed E-state index contributed by atoms with van der Waals surface area (Å²) in [7, 11) is 0. The zero-order valence-electron chi connectivity index (χ0n) is 7.53. The summed E-state index contributed by atoms with van der Waals surface area (Å²) in [6, 6.07) is -1.01. The first-order chi connectivity index (χ1) is 5.95. The Kier molecular flexibility index (Phi) is 2.54. The minimum atomic E-state index is -1.23. The molecule has 1 fully saturated rings. The molecule has 1 N–H and O–H groups in total. The lowest BCUT2D eigenvalue weighted by Gasteiger charge is -2.20. The van der Waals surface area contributed by atoms with Crippen LogP contribution in [0.25, 0.3) is 0 Å². The molecule has 1 unspecified atom stereocenters. The average molecular weight is 189 g/mol. The molecule has 74 valence electrons. The molecule has 1 amide bonds. The predicted octanol–water partition coefficient (Wildman–Crippen LogP) is 0.276. The summed E-state index contributed by atoms with van der Waals surface area (Å²) in [5, 5.41) is 8.76. The zero-order valence-corrected chi connectivity index (χ0v) is 7.53. The second-order valence-corrected chi connectivity index (χ2v) is 3.33. The maximum absolute atomic E-state index is 13.1. The highest BCUT2D eigenvalue weighted by atomic mass is 19.1. The molecular weight excluding hydrogens is 177 g/mol. The van der Waals surface area contributed by atoms with Gasteiger partial charge in [-0.25, -0.2) is 9.18 Å². The topological polar surface area (TPSA) is 57.6 Å². The molecule has 0 aromatic rings. The van der Waals surface area contributed by atoms with Gasteiger partial charge in [0.25, 0.3) is 0 Å². The molecular formula is C8H12FNO3. The van der Waals surface area contributed by atoms with E-state index >= 15 is 0 Å². The number of carbonyl (C=O) groups is 2. The zero-order chi connectivity index (χ0) is 10.2. The molecule has 3 atom stereocenters. The van der Waals surface area contributed by atoms with Gasteiger partial charge in [0.1, 0.15) is 12.2 Å². The third kappa shape index (κ3) is 1.64. The number of hydrogen-bond donors (Lipinski definition) is 1. The Morgan fingerprint density at radius 3 is 2.38 bits per heavy atom. The Morgan fingerprint density at radius 2 is 2.08 bits per heavy atom. The van der Waals surface area contributed by atoms with E-state index in [2.05, 4.69) is 0 Å². The molecule has 1 heterocycles. The van der Waals surface area contributed by atoms with E-state index in [0.717, 1.165) is 4.90 Å². The van der Waals surface area contributed by atoms with Crippen molar-refractivity contribution in [3.63, 3.8) is 0 Å². The van der Waals surface area contributed by atoms with Gasteiger partial charge >= 0.3 is 5.97 Å². The van der Waals surface area contributed by atoms with Gasteiger partial charge in [-0.1, -0.05) is 6.92 Å². The standard InChI is InChI=1S/C8H12FNO3/c1-4-6(9)3-10(5(2)11)7(4)8(12)13/h4,6-7H,3H2,1-2H3,(H,12,13)/t4?,6-,7-/m0/s1. The minimum Gasteiger partial charge on any atom is -0.480 e. The second kappa shape index (κ2) is 3.32. The van der Waals surface area contributed by atoms with Crippen LogP contribution in [0.2, 0.25) is 0 Å². The maximum Gasteiger partial charge on any atom is 0.326 e. The van der Waals surface area contributed by atoms with E-state index in [1.807, 2.05) is 0 Å². The summed E-state index contributed by atoms with van der Waals surface area (Å²) in [6.07, 6.45) is -1.23. The number of carbonyl (C=O) groups excluding carboxylic acids is 1. The van der Waals surface area contributed by atoms with Gasteiger partial charge in [-0.3, -0.25) is 4.79 Å². The fraction of sp³-hybridized carbons (Fsp3) is 0.750. The highest BCUT2D eigenvalue weighted by molar-refractivity contribution is 5.83. The van der Waals surface area contributed by atoms with Crippen LogP contribution in [0.1, 0.15) is 13.8 Å². The number of rotatable bonds is 1. The third-order valence-corrected chi connectivity index (χ3v) is 2.43. The van der Waals surface area contributed by atoms with Crippen LogP contribution in [0.15, 0.2) is 0 Å². The van der Waals surface area contributed by atoms with Crippen LogP contribution in [-0.2, 0) is 9.59 Å². The maximum atomic E-state index is 13.1. The molecule has 5 heteroatoms. The van der Waals surface area contributed by atoms with Gasteiger partial charge in [-0.15, -0.1) is 0 Å². The number of likely N-dealkylation sites (tertiary alicyclic amines) is 1. The van der Waals surface area contributed by atoms with E-state index in [1.54, 1.807) is 0 Å². The first-order valence-corrected chi connectivity index (χ1v) is 4.09. The van der Waals surface area contributed by atoms with E-state index in [4.69, 9.17) is 5.11 Å². The molecule has 1 saturated heterocycles. The Morgan fingerprint density at radius 1 is 1.54 bits per heavy atom. The largest absolute Gasteiger partial charge is 0.480 e. The Balaban J connectivity index is 2.86. The van der Waals surface area contributed by atoms with E-state index < -0.39 is 24.1 Å². The van der Waals surface area contributed by atoms with Crippen LogP contribution in [0.5, 0.6) is 0 Å². The van der Waals surface area contributed by atoms with Crippen molar-refractivity contribution in [3.05, 3.63) is 0 Å². The van der Waals surface area contributed by atoms with Gasteiger partial charge in [0.2, 0.25) is 5.91 Å². The number of halogens is 1. The molecule has 0 radical (unpaired) electrons. The molecule has 0 bridgehead atoms. The normalized spacial score (nSPS) is 33.5. The lowest BCUT2D eigenvalue weighted by atomic mass is 10.0. The first kappa shape index (κ1) is 9.95. The highest BCUT2D eigenvalue weighted by Gasteiger charge is 2.44. The molecule has 0 aromatic heterocycles. The van der Waals surface area contributed by atoms with Crippen molar-refractivity contribution in [1.29, 1.82) is 0 Å². The minimum absolute atomic E-state index is 0.104. The van der Waals surface area contributed by atoms with Crippen molar-refractivity contribution < 1.29 is 19.1 Å². The number of alkyl halides is 1. The van der Waals surface area contributed by atoms with Gasteiger partial charge in [0.15, 0.2) is 0 Å². The fourth-order valence-electron chi connectivity index (χ4n) is 1.63. The van der Waals surface area contributed by atoms with Crippen molar-refractivity contribution in [3.8, 4) is 0 Å². The van der Waals surface area contributed by atoms with E-state index in [9.17, 15) is 14.0 Å².